The zero-order valence-electron chi connectivity index (χ0n) is 9.82. The molecular weight excluding hydrogens is 218 g/mol. The second-order valence-electron chi connectivity index (χ2n) is 3.87. The van der Waals surface area contributed by atoms with Gasteiger partial charge in [0.2, 0.25) is 0 Å². The van der Waals surface area contributed by atoms with E-state index in [1.807, 2.05) is 0 Å². The zero-order valence-corrected chi connectivity index (χ0v) is 9.82. The van der Waals surface area contributed by atoms with Crippen molar-refractivity contribution in [2.75, 3.05) is 6.61 Å². The van der Waals surface area contributed by atoms with Crippen molar-refractivity contribution in [3.63, 3.8) is 0 Å². The predicted octanol–water partition coefficient (Wildman–Crippen LogP) is 0.101. The fraction of sp³-hybridized carbons (Fsp3) is 0.308. The fourth-order valence-corrected chi connectivity index (χ4v) is 1.76. The molecule has 1 heterocycles. The second-order valence-corrected chi connectivity index (χ2v) is 3.87. The Hall–Kier alpha value is -1.97. The molecule has 0 unspecified atom stereocenters. The molecular formula is C13H13NO3. The minimum Gasteiger partial charge on any atom is -0.461 e. The van der Waals surface area contributed by atoms with Crippen molar-refractivity contribution in [1.82, 2.24) is 4.98 Å². The van der Waals surface area contributed by atoms with Crippen LogP contribution in [0.25, 0.3) is 12.2 Å². The topological polar surface area (TPSA) is 56.3 Å². The third-order valence-corrected chi connectivity index (χ3v) is 2.56. The lowest BCUT2D eigenvalue weighted by Crippen LogP contribution is -2.34. The van der Waals surface area contributed by atoms with Gasteiger partial charge in [-0.15, -0.1) is 0 Å². The quantitative estimate of drug-likeness (QED) is 0.677. The number of aryl methyl sites for hydroxylation is 1. The standard InChI is InChI=1S/C13H13NO3/c1-3-17-13(16)12-8(2)6-9-7-10(15)4-5-11(9)14-12/h5-7H,3-4H2,1-2H3. The van der Waals surface area contributed by atoms with Crippen molar-refractivity contribution >= 4 is 23.9 Å². The maximum Gasteiger partial charge on any atom is 0.357 e. The number of aromatic nitrogens is 1. The van der Waals surface area contributed by atoms with E-state index in [2.05, 4.69) is 4.98 Å². The molecule has 0 N–H and O–H groups in total. The molecule has 0 saturated heterocycles. The lowest BCUT2D eigenvalue weighted by Gasteiger charge is -2.06. The monoisotopic (exact) mass is 231 g/mol. The summed E-state index contributed by atoms with van der Waals surface area (Å²) < 4.78 is 4.93. The summed E-state index contributed by atoms with van der Waals surface area (Å²) >= 11 is 0. The van der Waals surface area contributed by atoms with Crippen LogP contribution in [-0.2, 0) is 9.53 Å². The molecule has 0 bridgehead atoms. The van der Waals surface area contributed by atoms with Gasteiger partial charge in [0, 0.05) is 11.6 Å². The Morgan fingerprint density at radius 3 is 3.00 bits per heavy atom. The van der Waals surface area contributed by atoms with Gasteiger partial charge in [-0.3, -0.25) is 4.79 Å². The molecule has 2 rings (SSSR count). The number of esters is 1. The molecule has 1 aliphatic rings. The SMILES string of the molecule is CCOC(=O)c1nc2c(cc1C)=CC(=O)CC=2. The minimum absolute atomic E-state index is 0.0579. The average molecular weight is 231 g/mol. The third-order valence-electron chi connectivity index (χ3n) is 2.56. The zero-order chi connectivity index (χ0) is 12.4. The summed E-state index contributed by atoms with van der Waals surface area (Å²) in [4.78, 5) is 27.1. The first-order valence-electron chi connectivity index (χ1n) is 5.51. The smallest absolute Gasteiger partial charge is 0.357 e. The van der Waals surface area contributed by atoms with Crippen molar-refractivity contribution in [2.45, 2.75) is 20.3 Å². The van der Waals surface area contributed by atoms with Crippen LogP contribution in [-0.4, -0.2) is 23.3 Å². The van der Waals surface area contributed by atoms with Crippen LogP contribution in [0.3, 0.4) is 0 Å². The lowest BCUT2D eigenvalue weighted by molar-refractivity contribution is -0.112. The van der Waals surface area contributed by atoms with E-state index in [-0.39, 0.29) is 5.78 Å². The minimum atomic E-state index is -0.418. The van der Waals surface area contributed by atoms with E-state index in [9.17, 15) is 9.59 Å². The molecule has 0 spiro atoms. The van der Waals surface area contributed by atoms with Crippen LogP contribution in [0.15, 0.2) is 6.07 Å². The Bertz CT molecular complexity index is 602. The molecule has 17 heavy (non-hydrogen) atoms. The Morgan fingerprint density at radius 2 is 2.29 bits per heavy atom. The number of Topliss-reactive ketones (excluding diaryl/α,β-unsaturated/α-hetero) is 1. The van der Waals surface area contributed by atoms with Gasteiger partial charge in [-0.25, -0.2) is 9.78 Å². The summed E-state index contributed by atoms with van der Waals surface area (Å²) in [5, 5.41) is 1.45. The van der Waals surface area contributed by atoms with Gasteiger partial charge in [0.15, 0.2) is 11.5 Å². The summed E-state index contributed by atoms with van der Waals surface area (Å²) in [6.07, 6.45) is 3.63. The average Bonchev–Trinajstić information content (AvgIpc) is 2.28. The normalized spacial score (nSPS) is 13.4. The van der Waals surface area contributed by atoms with Gasteiger partial charge < -0.3 is 4.74 Å². The van der Waals surface area contributed by atoms with E-state index in [4.69, 9.17) is 4.74 Å². The van der Waals surface area contributed by atoms with Crippen LogP contribution < -0.4 is 10.6 Å². The van der Waals surface area contributed by atoms with E-state index < -0.39 is 5.97 Å². The maximum absolute atomic E-state index is 11.6. The van der Waals surface area contributed by atoms with Crippen LogP contribution in [0, 0.1) is 6.92 Å². The number of hydrogen-bond donors (Lipinski definition) is 0. The molecule has 0 amide bonds. The van der Waals surface area contributed by atoms with Crippen LogP contribution >= 0.6 is 0 Å². The Labute approximate surface area is 98.6 Å². The highest BCUT2D eigenvalue weighted by Gasteiger charge is 2.13. The first-order valence-corrected chi connectivity index (χ1v) is 5.51. The molecule has 0 aliphatic heterocycles. The largest absolute Gasteiger partial charge is 0.461 e. The van der Waals surface area contributed by atoms with E-state index >= 15 is 0 Å². The molecule has 0 aromatic carbocycles. The molecule has 4 heteroatoms. The van der Waals surface area contributed by atoms with E-state index in [1.54, 1.807) is 32.1 Å². The highest BCUT2D eigenvalue weighted by atomic mass is 16.5. The third kappa shape index (κ3) is 2.25. The van der Waals surface area contributed by atoms with Gasteiger partial charge in [-0.2, -0.15) is 0 Å². The summed E-state index contributed by atoms with van der Waals surface area (Å²) in [5.74, 6) is -0.360. The van der Waals surface area contributed by atoms with Crippen LogP contribution in [0.5, 0.6) is 0 Å². The molecule has 1 aromatic rings. The molecule has 4 nitrogen and oxygen atoms in total. The predicted molar refractivity (Wildman–Crippen MR) is 62.7 cm³/mol. The summed E-state index contributed by atoms with van der Waals surface area (Å²) in [6, 6.07) is 1.79. The molecule has 0 atom stereocenters. The Morgan fingerprint density at radius 1 is 1.53 bits per heavy atom. The number of fused-ring (bicyclic) bond motifs is 1. The highest BCUT2D eigenvalue weighted by Crippen LogP contribution is 2.02. The summed E-state index contributed by atoms with van der Waals surface area (Å²) in [5.41, 5.74) is 1.05. The summed E-state index contributed by atoms with van der Waals surface area (Å²) in [7, 11) is 0. The van der Waals surface area contributed by atoms with Crippen molar-refractivity contribution in [1.29, 1.82) is 0 Å². The fourth-order valence-electron chi connectivity index (χ4n) is 1.76. The van der Waals surface area contributed by atoms with Gasteiger partial charge in [0.05, 0.1) is 12.0 Å². The lowest BCUT2D eigenvalue weighted by atomic mass is 10.1. The molecule has 0 fully saturated rings. The number of hydrogen-bond acceptors (Lipinski definition) is 4. The van der Waals surface area contributed by atoms with Gasteiger partial charge in [0.1, 0.15) is 0 Å². The summed E-state index contributed by atoms with van der Waals surface area (Å²) in [6.45, 7) is 3.86. The van der Waals surface area contributed by atoms with Crippen molar-refractivity contribution in [2.24, 2.45) is 0 Å². The number of pyridine rings is 1. The number of nitrogens with zero attached hydrogens (tertiary/aromatic N) is 1. The van der Waals surface area contributed by atoms with Gasteiger partial charge in [-0.1, -0.05) is 6.08 Å². The van der Waals surface area contributed by atoms with Crippen LogP contribution in [0.2, 0.25) is 0 Å². The first-order chi connectivity index (χ1) is 8.11. The maximum atomic E-state index is 11.6. The first kappa shape index (κ1) is 11.5. The Kier molecular flexibility index (Phi) is 3.04. The molecule has 0 saturated carbocycles. The van der Waals surface area contributed by atoms with E-state index in [1.165, 1.54) is 0 Å². The van der Waals surface area contributed by atoms with Crippen molar-refractivity contribution in [3.05, 3.63) is 27.9 Å². The number of ether oxygens (including phenoxy) is 1. The van der Waals surface area contributed by atoms with Gasteiger partial charge in [-0.05, 0) is 31.6 Å². The van der Waals surface area contributed by atoms with Gasteiger partial charge >= 0.3 is 5.97 Å². The number of rotatable bonds is 2. The number of carbonyl (C=O) groups excluding carboxylic acids is 2. The highest BCUT2D eigenvalue weighted by molar-refractivity contribution is 6.09. The van der Waals surface area contributed by atoms with E-state index in [0.717, 1.165) is 10.8 Å². The van der Waals surface area contributed by atoms with Crippen molar-refractivity contribution < 1.29 is 14.3 Å². The molecule has 1 aromatic heterocycles. The number of carbonyl (C=O) groups is 2. The molecule has 0 radical (unpaired) electrons. The van der Waals surface area contributed by atoms with Crippen molar-refractivity contribution in [3.8, 4) is 0 Å². The van der Waals surface area contributed by atoms with Gasteiger partial charge in [0.25, 0.3) is 0 Å². The number of ketones is 1. The Balaban J connectivity index is 2.56. The molecule has 88 valence electrons. The second kappa shape index (κ2) is 4.49. The molecule has 1 aliphatic carbocycles. The van der Waals surface area contributed by atoms with Crippen LogP contribution in [0.4, 0.5) is 0 Å². The van der Waals surface area contributed by atoms with Crippen LogP contribution in [0.1, 0.15) is 29.4 Å². The van der Waals surface area contributed by atoms with E-state index in [0.29, 0.717) is 24.1 Å².